The van der Waals surface area contributed by atoms with E-state index in [2.05, 4.69) is 0 Å². The van der Waals surface area contributed by atoms with Crippen LogP contribution in [0.5, 0.6) is 80.5 Å². The van der Waals surface area contributed by atoms with Gasteiger partial charge in [0.25, 0.3) is 0 Å². The maximum absolute atomic E-state index is 14.4. The highest BCUT2D eigenvalue weighted by molar-refractivity contribution is 6.08. The Labute approximate surface area is 361 Å². The van der Waals surface area contributed by atoms with Crippen molar-refractivity contribution in [3.63, 3.8) is 0 Å². The molecule has 3 heterocycles. The first-order chi connectivity index (χ1) is 30.7. The van der Waals surface area contributed by atoms with Crippen LogP contribution in [0.3, 0.4) is 0 Å². The Morgan fingerprint density at radius 1 is 0.569 bits per heavy atom. The van der Waals surface area contributed by atoms with Gasteiger partial charge in [-0.05, 0) is 42.0 Å². The average molecular weight is 907 g/mol. The summed E-state index contributed by atoms with van der Waals surface area (Å²) in [6, 6.07) is 6.56. The van der Waals surface area contributed by atoms with Crippen LogP contribution in [0, 0.1) is 0 Å². The van der Waals surface area contributed by atoms with E-state index in [1.54, 1.807) is 0 Å². The van der Waals surface area contributed by atoms with Crippen molar-refractivity contribution < 1.29 is 115 Å². The molecule has 65 heavy (non-hydrogen) atoms. The fourth-order valence-corrected chi connectivity index (χ4v) is 7.84. The van der Waals surface area contributed by atoms with Gasteiger partial charge in [0.2, 0.25) is 11.5 Å². The number of carbonyl (C=O) groups excluding carboxylic acids is 3. The van der Waals surface area contributed by atoms with Crippen LogP contribution in [-0.4, -0.2) is 132 Å². The van der Waals surface area contributed by atoms with Gasteiger partial charge in [-0.2, -0.15) is 0 Å². The summed E-state index contributed by atoms with van der Waals surface area (Å²) in [6.07, 6.45) is -14.2. The Balaban J connectivity index is 1.31. The number of phenols is 13. The fourth-order valence-electron chi connectivity index (χ4n) is 7.84. The normalized spacial score (nSPS) is 22.5. The fraction of sp³-hybridized carbons (Fsp3) is 0.214. The van der Waals surface area contributed by atoms with Crippen LogP contribution in [-0.2, 0) is 25.4 Å². The number of ether oxygens (including phenoxy) is 5. The number of hydrogen-bond acceptors (Lipinski definition) is 23. The second-order valence-corrected chi connectivity index (χ2v) is 15.0. The van der Waals surface area contributed by atoms with Crippen LogP contribution in [0.2, 0.25) is 0 Å². The quantitative estimate of drug-likeness (QED) is 0.0681. The molecular weight excluding hydrogens is 872 g/mol. The molecule has 7 atom stereocenters. The Bertz CT molecular complexity index is 2810. The van der Waals surface area contributed by atoms with Crippen LogP contribution < -0.4 is 4.74 Å². The van der Waals surface area contributed by atoms with Gasteiger partial charge in [0, 0.05) is 29.2 Å². The van der Waals surface area contributed by atoms with Gasteiger partial charge in [0.05, 0.1) is 28.4 Å². The Morgan fingerprint density at radius 3 is 1.69 bits per heavy atom. The first-order valence-corrected chi connectivity index (χ1v) is 18.9. The van der Waals surface area contributed by atoms with Gasteiger partial charge in [-0.25, -0.2) is 14.4 Å². The van der Waals surface area contributed by atoms with Gasteiger partial charge in [0.15, 0.2) is 64.0 Å². The van der Waals surface area contributed by atoms with Crippen molar-refractivity contribution >= 4 is 17.9 Å². The number of aliphatic hydroxyl groups is 2. The number of benzene rings is 5. The summed E-state index contributed by atoms with van der Waals surface area (Å²) in [5.74, 6) is -18.4. The van der Waals surface area contributed by atoms with Crippen LogP contribution in [0.15, 0.2) is 48.5 Å². The largest absolute Gasteiger partial charge is 0.507 e. The summed E-state index contributed by atoms with van der Waals surface area (Å²) < 4.78 is 29.1. The summed E-state index contributed by atoms with van der Waals surface area (Å²) in [4.78, 5) is 41.9. The van der Waals surface area contributed by atoms with Crippen molar-refractivity contribution in [3.8, 4) is 91.6 Å². The number of fused-ring (bicyclic) bond motifs is 5. The zero-order chi connectivity index (χ0) is 47.1. The molecule has 5 aromatic rings. The molecule has 23 nitrogen and oxygen atoms in total. The zero-order valence-corrected chi connectivity index (χ0v) is 32.5. The smallest absolute Gasteiger partial charge is 0.339 e. The molecule has 3 aliphatic rings. The second-order valence-electron chi connectivity index (χ2n) is 15.0. The monoisotopic (exact) mass is 906 g/mol. The van der Waals surface area contributed by atoms with E-state index in [1.165, 1.54) is 6.07 Å². The summed E-state index contributed by atoms with van der Waals surface area (Å²) in [7, 11) is 0. The highest BCUT2D eigenvalue weighted by atomic mass is 16.6. The van der Waals surface area contributed by atoms with E-state index in [0.717, 1.165) is 18.2 Å². The molecule has 15 N–H and O–H groups in total. The molecule has 0 amide bonds. The van der Waals surface area contributed by atoms with Gasteiger partial charge in [-0.15, -0.1) is 0 Å². The summed E-state index contributed by atoms with van der Waals surface area (Å²) in [5.41, 5.74) is -5.16. The number of rotatable bonds is 5. The predicted molar refractivity (Wildman–Crippen MR) is 208 cm³/mol. The van der Waals surface area contributed by atoms with Crippen LogP contribution in [0.1, 0.15) is 60.0 Å². The lowest BCUT2D eigenvalue weighted by Crippen LogP contribution is -2.58. The molecule has 0 aliphatic carbocycles. The van der Waals surface area contributed by atoms with Crippen molar-refractivity contribution in [2.45, 2.75) is 49.1 Å². The van der Waals surface area contributed by atoms with E-state index in [0.29, 0.717) is 24.3 Å². The summed E-state index contributed by atoms with van der Waals surface area (Å²) >= 11 is 0. The number of carbonyl (C=O) groups is 3. The van der Waals surface area contributed by atoms with Crippen LogP contribution in [0.25, 0.3) is 11.1 Å². The van der Waals surface area contributed by atoms with E-state index in [1.807, 2.05) is 0 Å². The molecule has 1 fully saturated rings. The first kappa shape index (κ1) is 43.2. The number of hydrogen-bond donors (Lipinski definition) is 15. The van der Waals surface area contributed by atoms with Crippen molar-refractivity contribution in [2.24, 2.45) is 0 Å². The molecule has 3 aliphatic heterocycles. The van der Waals surface area contributed by atoms with Gasteiger partial charge >= 0.3 is 17.9 Å². The third-order valence-electron chi connectivity index (χ3n) is 11.0. The minimum atomic E-state index is -2.27. The van der Waals surface area contributed by atoms with E-state index < -0.39 is 188 Å². The molecular formula is C42H34O23. The van der Waals surface area contributed by atoms with Gasteiger partial charge in [-0.1, -0.05) is 6.07 Å². The Hall–Kier alpha value is -8.41. The summed E-state index contributed by atoms with van der Waals surface area (Å²) in [6.45, 7) is -1.04. The van der Waals surface area contributed by atoms with E-state index in [-0.39, 0.29) is 11.1 Å². The molecule has 340 valence electrons. The number of phenolic OH excluding ortho intramolecular Hbond substituents is 13. The molecule has 0 unspecified atom stereocenters. The van der Waals surface area contributed by atoms with Gasteiger partial charge in [0.1, 0.15) is 48.3 Å². The molecule has 0 bridgehead atoms. The highest BCUT2D eigenvalue weighted by Gasteiger charge is 2.54. The minimum Gasteiger partial charge on any atom is -0.507 e. The van der Waals surface area contributed by atoms with Gasteiger partial charge < -0.3 is 100 Å². The number of aromatic hydroxyl groups is 13. The lowest BCUT2D eigenvalue weighted by atomic mass is 9.85. The van der Waals surface area contributed by atoms with E-state index in [4.69, 9.17) is 23.7 Å². The standard InChI is InChI=1S/C42H34O23/c43-16-2-1-11(3-18(16)45)35-24(51)6-13-17(44)9-19(46)28(36(13)63-35)37-39-38(32(55)25(62-37)10-61-40(58)12-4-20(47)29(52)21(48)5-12)64-41(59)14-7-22(49)30(53)33(56)26(14)27-15(42(60)65-39)8-23(50)31(54)34(27)57/h1-5,7-9,24-25,32,35,37-39,43-57H,6,10H2/t24-,25-,32+,35+,37+,38+,39+/m0/s1. The summed E-state index contributed by atoms with van der Waals surface area (Å²) in [5, 5.41) is 160. The molecule has 0 aromatic heterocycles. The number of aliphatic hydroxyl groups excluding tert-OH is 2. The molecule has 0 spiro atoms. The van der Waals surface area contributed by atoms with Crippen molar-refractivity contribution in [1.29, 1.82) is 0 Å². The lowest BCUT2D eigenvalue weighted by Gasteiger charge is -2.45. The Morgan fingerprint density at radius 2 is 1.12 bits per heavy atom. The first-order valence-electron chi connectivity index (χ1n) is 18.9. The van der Waals surface area contributed by atoms with E-state index in [9.17, 15) is 91.0 Å². The minimum absolute atomic E-state index is 0.0379. The van der Waals surface area contributed by atoms with Crippen molar-refractivity contribution in [2.75, 3.05) is 6.61 Å². The van der Waals surface area contributed by atoms with Crippen molar-refractivity contribution in [3.05, 3.63) is 81.9 Å². The molecule has 5 aromatic carbocycles. The SMILES string of the molecule is O=C(OC[C@@H]1O[C@H](c2c(O)cc(O)c3c2O[C@H](c2ccc(O)c(O)c2)[C@@H](O)C3)[C@H]2OC(=O)c3cc(O)c(O)c(O)c3-c3c(cc(O)c(O)c3O)C(=O)O[C@@H]2[C@@H]1O)c1cc(O)c(O)c(O)c1. The second kappa shape index (κ2) is 15.7. The third-order valence-corrected chi connectivity index (χ3v) is 11.0. The zero-order valence-electron chi connectivity index (χ0n) is 32.5. The number of esters is 3. The lowest BCUT2D eigenvalue weighted by molar-refractivity contribution is -0.232. The van der Waals surface area contributed by atoms with E-state index >= 15 is 0 Å². The molecule has 8 rings (SSSR count). The van der Waals surface area contributed by atoms with Gasteiger partial charge in [-0.3, -0.25) is 0 Å². The topological polar surface area (TPSA) is 401 Å². The molecule has 1 saturated heterocycles. The molecule has 0 saturated carbocycles. The predicted octanol–water partition coefficient (Wildman–Crippen LogP) is 1.99. The highest BCUT2D eigenvalue weighted by Crippen LogP contribution is 2.55. The van der Waals surface area contributed by atoms with Crippen molar-refractivity contribution in [1.82, 2.24) is 0 Å². The molecule has 23 heteroatoms. The maximum atomic E-state index is 14.4. The Kier molecular flexibility index (Phi) is 10.5. The third kappa shape index (κ3) is 7.13. The molecule has 0 radical (unpaired) electrons. The maximum Gasteiger partial charge on any atom is 0.339 e. The van der Waals surface area contributed by atoms with Crippen LogP contribution >= 0.6 is 0 Å². The average Bonchev–Trinajstić information content (AvgIpc) is 3.25. The van der Waals surface area contributed by atoms with Crippen LogP contribution in [0.4, 0.5) is 0 Å².